The monoisotopic (exact) mass is 241 g/mol. The molecule has 0 unspecified atom stereocenters. The molecule has 0 bridgehead atoms. The maximum absolute atomic E-state index is 13.6. The summed E-state index contributed by atoms with van der Waals surface area (Å²) in [6.07, 6.45) is 1.83. The summed E-state index contributed by atoms with van der Waals surface area (Å²) < 4.78 is 23.9. The van der Waals surface area contributed by atoms with Gasteiger partial charge in [-0.3, -0.25) is 0 Å². The van der Waals surface area contributed by atoms with Gasteiger partial charge in [0.05, 0.1) is 6.61 Å². The van der Waals surface area contributed by atoms with Crippen molar-refractivity contribution in [1.29, 1.82) is 0 Å². The fourth-order valence-corrected chi connectivity index (χ4v) is 1.51. The first-order valence-electron chi connectivity index (χ1n) is 5.82. The zero-order chi connectivity index (χ0) is 12.7. The van der Waals surface area contributed by atoms with Gasteiger partial charge in [-0.05, 0) is 25.8 Å². The number of unbranched alkanes of at least 4 members (excludes halogenated alkanes) is 1. The van der Waals surface area contributed by atoms with Gasteiger partial charge in [-0.1, -0.05) is 6.07 Å². The molecule has 0 aliphatic rings. The van der Waals surface area contributed by atoms with Crippen LogP contribution in [0.5, 0.6) is 5.75 Å². The zero-order valence-electron chi connectivity index (χ0n) is 10.4. The molecule has 96 valence electrons. The second-order valence-corrected chi connectivity index (χ2v) is 4.02. The third-order valence-electron chi connectivity index (χ3n) is 2.47. The van der Waals surface area contributed by atoms with Crippen molar-refractivity contribution in [2.45, 2.75) is 25.8 Å². The van der Waals surface area contributed by atoms with Crippen molar-refractivity contribution in [3.8, 4) is 5.75 Å². The molecule has 0 radical (unpaired) electrons. The van der Waals surface area contributed by atoms with Gasteiger partial charge in [0.25, 0.3) is 0 Å². The predicted octanol–water partition coefficient (Wildman–Crippen LogP) is 2.65. The standard InChI is InChI=1S/C13H20FNO2/c1-10(15)12-6-5-11(9-13(12)14)17-8-4-3-7-16-2/h5-6,9-10H,3-4,7-8,15H2,1-2H3/t10-/m0/s1. The molecule has 0 heterocycles. The van der Waals surface area contributed by atoms with Gasteiger partial charge in [-0.15, -0.1) is 0 Å². The Kier molecular flexibility index (Phi) is 5.94. The third-order valence-corrected chi connectivity index (χ3v) is 2.47. The first kappa shape index (κ1) is 13.9. The van der Waals surface area contributed by atoms with E-state index in [9.17, 15) is 4.39 Å². The van der Waals surface area contributed by atoms with Gasteiger partial charge < -0.3 is 15.2 Å². The van der Waals surface area contributed by atoms with E-state index in [4.69, 9.17) is 15.2 Å². The Morgan fingerprint density at radius 2 is 2.00 bits per heavy atom. The summed E-state index contributed by atoms with van der Waals surface area (Å²) in [6.45, 7) is 3.05. The molecule has 0 spiro atoms. The van der Waals surface area contributed by atoms with Gasteiger partial charge in [0.2, 0.25) is 0 Å². The van der Waals surface area contributed by atoms with Crippen LogP contribution in [0, 0.1) is 5.82 Å². The van der Waals surface area contributed by atoms with Gasteiger partial charge in [-0.25, -0.2) is 4.39 Å². The van der Waals surface area contributed by atoms with Crippen LogP contribution in [0.25, 0.3) is 0 Å². The molecule has 1 aromatic carbocycles. The van der Waals surface area contributed by atoms with Crippen LogP contribution in [0.15, 0.2) is 18.2 Å². The Labute approximate surface area is 102 Å². The van der Waals surface area contributed by atoms with E-state index in [0.717, 1.165) is 19.4 Å². The molecule has 0 aliphatic carbocycles. The largest absolute Gasteiger partial charge is 0.493 e. The SMILES string of the molecule is COCCCCOc1ccc([C@H](C)N)c(F)c1. The molecule has 0 aliphatic heterocycles. The first-order chi connectivity index (χ1) is 8.15. The fourth-order valence-electron chi connectivity index (χ4n) is 1.51. The van der Waals surface area contributed by atoms with Crippen LogP contribution in [0.4, 0.5) is 4.39 Å². The maximum Gasteiger partial charge on any atom is 0.131 e. The number of hydrogen-bond donors (Lipinski definition) is 1. The van der Waals surface area contributed by atoms with Crippen molar-refractivity contribution in [3.05, 3.63) is 29.6 Å². The van der Waals surface area contributed by atoms with E-state index in [1.165, 1.54) is 6.07 Å². The van der Waals surface area contributed by atoms with E-state index in [1.807, 2.05) is 0 Å². The molecule has 0 aromatic heterocycles. The van der Waals surface area contributed by atoms with Gasteiger partial charge in [0, 0.05) is 31.4 Å². The van der Waals surface area contributed by atoms with Crippen molar-refractivity contribution in [2.24, 2.45) is 5.73 Å². The van der Waals surface area contributed by atoms with Crippen molar-refractivity contribution >= 4 is 0 Å². The van der Waals surface area contributed by atoms with Crippen molar-refractivity contribution in [3.63, 3.8) is 0 Å². The van der Waals surface area contributed by atoms with Gasteiger partial charge in [-0.2, -0.15) is 0 Å². The van der Waals surface area contributed by atoms with Crippen LogP contribution < -0.4 is 10.5 Å². The maximum atomic E-state index is 13.6. The normalized spacial score (nSPS) is 12.5. The van der Waals surface area contributed by atoms with Crippen molar-refractivity contribution < 1.29 is 13.9 Å². The Bertz CT molecular complexity index is 342. The zero-order valence-corrected chi connectivity index (χ0v) is 10.4. The molecule has 0 fully saturated rings. The van der Waals surface area contributed by atoms with Crippen LogP contribution in [0.2, 0.25) is 0 Å². The predicted molar refractivity (Wildman–Crippen MR) is 65.6 cm³/mol. The highest BCUT2D eigenvalue weighted by atomic mass is 19.1. The molecule has 0 saturated heterocycles. The molecular weight excluding hydrogens is 221 g/mol. The minimum atomic E-state index is -0.311. The average molecular weight is 241 g/mol. The van der Waals surface area contributed by atoms with E-state index >= 15 is 0 Å². The molecule has 0 amide bonds. The highest BCUT2D eigenvalue weighted by Gasteiger charge is 2.07. The Balaban J connectivity index is 2.42. The summed E-state index contributed by atoms with van der Waals surface area (Å²) in [4.78, 5) is 0. The molecule has 17 heavy (non-hydrogen) atoms. The highest BCUT2D eigenvalue weighted by Crippen LogP contribution is 2.20. The second-order valence-electron chi connectivity index (χ2n) is 4.02. The summed E-state index contributed by atoms with van der Waals surface area (Å²) >= 11 is 0. The number of nitrogens with two attached hydrogens (primary N) is 1. The Morgan fingerprint density at radius 1 is 1.29 bits per heavy atom. The van der Waals surface area contributed by atoms with E-state index in [-0.39, 0.29) is 11.9 Å². The van der Waals surface area contributed by atoms with E-state index in [2.05, 4.69) is 0 Å². The first-order valence-corrected chi connectivity index (χ1v) is 5.82. The topological polar surface area (TPSA) is 44.5 Å². The van der Waals surface area contributed by atoms with Crippen molar-refractivity contribution in [2.75, 3.05) is 20.3 Å². The minimum Gasteiger partial charge on any atom is -0.493 e. The molecule has 2 N–H and O–H groups in total. The van der Waals surface area contributed by atoms with Crippen LogP contribution in [-0.4, -0.2) is 20.3 Å². The number of ether oxygens (including phenoxy) is 2. The van der Waals surface area contributed by atoms with E-state index in [1.54, 1.807) is 26.2 Å². The molecule has 4 heteroatoms. The summed E-state index contributed by atoms with van der Waals surface area (Å²) in [5.41, 5.74) is 6.14. The Hall–Kier alpha value is -1.13. The lowest BCUT2D eigenvalue weighted by Gasteiger charge is -2.10. The van der Waals surface area contributed by atoms with Crippen LogP contribution in [-0.2, 0) is 4.74 Å². The van der Waals surface area contributed by atoms with Gasteiger partial charge >= 0.3 is 0 Å². The number of benzene rings is 1. The quantitative estimate of drug-likeness (QED) is 0.746. The molecule has 1 rings (SSSR count). The van der Waals surface area contributed by atoms with Crippen LogP contribution >= 0.6 is 0 Å². The number of rotatable bonds is 7. The van der Waals surface area contributed by atoms with Crippen LogP contribution in [0.1, 0.15) is 31.4 Å². The lowest BCUT2D eigenvalue weighted by molar-refractivity contribution is 0.184. The summed E-state index contributed by atoms with van der Waals surface area (Å²) in [5, 5.41) is 0. The summed E-state index contributed by atoms with van der Waals surface area (Å²) in [5.74, 6) is 0.235. The lowest BCUT2D eigenvalue weighted by atomic mass is 10.1. The average Bonchev–Trinajstić information content (AvgIpc) is 2.28. The molecular formula is C13H20FNO2. The molecule has 1 aromatic rings. The number of methoxy groups -OCH3 is 1. The fraction of sp³-hybridized carbons (Fsp3) is 0.538. The second kappa shape index (κ2) is 7.25. The van der Waals surface area contributed by atoms with Gasteiger partial charge in [0.15, 0.2) is 0 Å². The molecule has 1 atom stereocenters. The van der Waals surface area contributed by atoms with E-state index in [0.29, 0.717) is 17.9 Å². The summed E-state index contributed by atoms with van der Waals surface area (Å²) in [6, 6.07) is 4.50. The number of halogens is 1. The number of hydrogen-bond acceptors (Lipinski definition) is 3. The summed E-state index contributed by atoms with van der Waals surface area (Å²) in [7, 11) is 1.67. The van der Waals surface area contributed by atoms with Gasteiger partial charge in [0.1, 0.15) is 11.6 Å². The third kappa shape index (κ3) is 4.71. The lowest BCUT2D eigenvalue weighted by Crippen LogP contribution is -2.07. The van der Waals surface area contributed by atoms with E-state index < -0.39 is 0 Å². The van der Waals surface area contributed by atoms with Crippen molar-refractivity contribution in [1.82, 2.24) is 0 Å². The van der Waals surface area contributed by atoms with Crippen LogP contribution in [0.3, 0.4) is 0 Å². The Morgan fingerprint density at radius 3 is 2.59 bits per heavy atom. The molecule has 3 nitrogen and oxygen atoms in total. The highest BCUT2D eigenvalue weighted by molar-refractivity contribution is 5.30. The smallest absolute Gasteiger partial charge is 0.131 e. The minimum absolute atomic E-state index is 0.300. The molecule has 0 saturated carbocycles.